The number of benzene rings is 1. The zero-order chi connectivity index (χ0) is 12.3. The van der Waals surface area contributed by atoms with Gasteiger partial charge in [0.25, 0.3) is 0 Å². The SMILES string of the molecule is CCOc1cccc2c1CC(CC(C)C)NC2. The van der Waals surface area contributed by atoms with Crippen LogP contribution < -0.4 is 10.1 Å². The number of fused-ring (bicyclic) bond motifs is 1. The van der Waals surface area contributed by atoms with E-state index in [4.69, 9.17) is 4.74 Å². The molecule has 2 nitrogen and oxygen atoms in total. The van der Waals surface area contributed by atoms with E-state index < -0.39 is 0 Å². The van der Waals surface area contributed by atoms with Gasteiger partial charge in [0.1, 0.15) is 5.75 Å². The van der Waals surface area contributed by atoms with Crippen molar-refractivity contribution >= 4 is 0 Å². The van der Waals surface area contributed by atoms with Gasteiger partial charge in [0.05, 0.1) is 6.61 Å². The van der Waals surface area contributed by atoms with E-state index in [0.717, 1.165) is 31.2 Å². The van der Waals surface area contributed by atoms with Gasteiger partial charge in [-0.2, -0.15) is 0 Å². The van der Waals surface area contributed by atoms with E-state index >= 15 is 0 Å². The third kappa shape index (κ3) is 3.01. The van der Waals surface area contributed by atoms with Gasteiger partial charge < -0.3 is 10.1 Å². The van der Waals surface area contributed by atoms with E-state index in [1.54, 1.807) is 0 Å². The molecule has 94 valence electrons. The van der Waals surface area contributed by atoms with Crippen LogP contribution in [0, 0.1) is 5.92 Å². The fraction of sp³-hybridized carbons (Fsp3) is 0.600. The summed E-state index contributed by atoms with van der Waals surface area (Å²) in [4.78, 5) is 0. The number of ether oxygens (including phenoxy) is 1. The normalized spacial score (nSPS) is 19.2. The van der Waals surface area contributed by atoms with Crippen molar-refractivity contribution in [3.05, 3.63) is 29.3 Å². The summed E-state index contributed by atoms with van der Waals surface area (Å²) in [6, 6.07) is 6.99. The van der Waals surface area contributed by atoms with Gasteiger partial charge in [0.2, 0.25) is 0 Å². The molecule has 17 heavy (non-hydrogen) atoms. The topological polar surface area (TPSA) is 21.3 Å². The first-order chi connectivity index (χ1) is 8.20. The Hall–Kier alpha value is -1.02. The van der Waals surface area contributed by atoms with Crippen molar-refractivity contribution in [2.24, 2.45) is 5.92 Å². The third-order valence-corrected chi connectivity index (χ3v) is 3.32. The predicted molar refractivity (Wildman–Crippen MR) is 71.4 cm³/mol. The molecule has 0 aliphatic carbocycles. The molecule has 1 aromatic carbocycles. The number of hydrogen-bond donors (Lipinski definition) is 1. The van der Waals surface area contributed by atoms with Crippen molar-refractivity contribution in [1.29, 1.82) is 0 Å². The Balaban J connectivity index is 2.16. The average molecular weight is 233 g/mol. The molecule has 2 heteroatoms. The molecule has 0 bridgehead atoms. The third-order valence-electron chi connectivity index (χ3n) is 3.32. The van der Waals surface area contributed by atoms with E-state index in [1.165, 1.54) is 17.5 Å². The lowest BCUT2D eigenvalue weighted by molar-refractivity contribution is 0.326. The lowest BCUT2D eigenvalue weighted by atomic mass is 9.90. The molecule has 0 aromatic heterocycles. The zero-order valence-corrected chi connectivity index (χ0v) is 11.1. The summed E-state index contributed by atoms with van der Waals surface area (Å²) in [5, 5.41) is 3.62. The molecule has 0 amide bonds. The smallest absolute Gasteiger partial charge is 0.122 e. The van der Waals surface area contributed by atoms with Gasteiger partial charge in [-0.05, 0) is 37.3 Å². The monoisotopic (exact) mass is 233 g/mol. The van der Waals surface area contributed by atoms with Gasteiger partial charge in [-0.15, -0.1) is 0 Å². The van der Waals surface area contributed by atoms with Crippen molar-refractivity contribution < 1.29 is 4.74 Å². The summed E-state index contributed by atoms with van der Waals surface area (Å²) in [6.07, 6.45) is 2.34. The van der Waals surface area contributed by atoms with Crippen LogP contribution in [0.4, 0.5) is 0 Å². The van der Waals surface area contributed by atoms with Crippen LogP contribution in [-0.2, 0) is 13.0 Å². The molecule has 1 atom stereocenters. The molecular formula is C15H23NO. The molecule has 2 rings (SSSR count). The van der Waals surface area contributed by atoms with Crippen LogP contribution in [0.5, 0.6) is 5.75 Å². The van der Waals surface area contributed by atoms with Gasteiger partial charge in [0.15, 0.2) is 0 Å². The van der Waals surface area contributed by atoms with E-state index in [0.29, 0.717) is 6.04 Å². The highest BCUT2D eigenvalue weighted by atomic mass is 16.5. The second-order valence-electron chi connectivity index (χ2n) is 5.24. The number of rotatable bonds is 4. The average Bonchev–Trinajstić information content (AvgIpc) is 2.29. The van der Waals surface area contributed by atoms with E-state index in [9.17, 15) is 0 Å². The minimum absolute atomic E-state index is 0.601. The lowest BCUT2D eigenvalue weighted by Crippen LogP contribution is -2.36. The van der Waals surface area contributed by atoms with Gasteiger partial charge in [-0.25, -0.2) is 0 Å². The molecule has 0 saturated carbocycles. The molecule has 1 heterocycles. The van der Waals surface area contributed by atoms with Crippen LogP contribution in [0.2, 0.25) is 0 Å². The quantitative estimate of drug-likeness (QED) is 0.862. The van der Waals surface area contributed by atoms with Crippen molar-refractivity contribution in [3.8, 4) is 5.75 Å². The Kier molecular flexibility index (Phi) is 4.06. The zero-order valence-electron chi connectivity index (χ0n) is 11.1. The first-order valence-electron chi connectivity index (χ1n) is 6.67. The standard InChI is InChI=1S/C15H23NO/c1-4-17-15-7-5-6-12-10-16-13(8-11(2)3)9-14(12)15/h5-7,11,13,16H,4,8-10H2,1-3H3. The Morgan fingerprint density at radius 2 is 2.24 bits per heavy atom. The summed E-state index contributed by atoms with van der Waals surface area (Å²) in [5.41, 5.74) is 2.81. The van der Waals surface area contributed by atoms with Crippen LogP contribution in [-0.4, -0.2) is 12.6 Å². The molecule has 1 N–H and O–H groups in total. The highest BCUT2D eigenvalue weighted by Gasteiger charge is 2.21. The minimum Gasteiger partial charge on any atom is -0.494 e. The second-order valence-corrected chi connectivity index (χ2v) is 5.24. The van der Waals surface area contributed by atoms with Gasteiger partial charge in [-0.1, -0.05) is 26.0 Å². The van der Waals surface area contributed by atoms with Crippen molar-refractivity contribution in [1.82, 2.24) is 5.32 Å². The van der Waals surface area contributed by atoms with Crippen LogP contribution in [0.1, 0.15) is 38.3 Å². The van der Waals surface area contributed by atoms with E-state index in [-0.39, 0.29) is 0 Å². The molecule has 1 unspecified atom stereocenters. The largest absolute Gasteiger partial charge is 0.494 e. The van der Waals surface area contributed by atoms with Gasteiger partial charge in [-0.3, -0.25) is 0 Å². The summed E-state index contributed by atoms with van der Waals surface area (Å²) in [5.74, 6) is 1.83. The number of hydrogen-bond acceptors (Lipinski definition) is 2. The minimum atomic E-state index is 0.601. The highest BCUT2D eigenvalue weighted by Crippen LogP contribution is 2.28. The van der Waals surface area contributed by atoms with Crippen molar-refractivity contribution in [3.63, 3.8) is 0 Å². The summed E-state index contributed by atoms with van der Waals surface area (Å²) >= 11 is 0. The van der Waals surface area contributed by atoms with Crippen LogP contribution in [0.25, 0.3) is 0 Å². The maximum Gasteiger partial charge on any atom is 0.122 e. The molecule has 0 saturated heterocycles. The molecule has 1 aromatic rings. The van der Waals surface area contributed by atoms with Gasteiger partial charge in [0, 0.05) is 18.2 Å². The maximum absolute atomic E-state index is 5.73. The van der Waals surface area contributed by atoms with Gasteiger partial charge >= 0.3 is 0 Å². The van der Waals surface area contributed by atoms with Crippen molar-refractivity contribution in [2.75, 3.05) is 6.61 Å². The van der Waals surface area contributed by atoms with Crippen LogP contribution >= 0.6 is 0 Å². The number of nitrogens with one attached hydrogen (secondary N) is 1. The summed E-state index contributed by atoms with van der Waals surface area (Å²) < 4.78 is 5.73. The summed E-state index contributed by atoms with van der Waals surface area (Å²) in [7, 11) is 0. The predicted octanol–water partition coefficient (Wildman–Crippen LogP) is 3.15. The van der Waals surface area contributed by atoms with Crippen molar-refractivity contribution in [2.45, 2.75) is 46.2 Å². The molecule has 1 aliphatic rings. The first kappa shape index (κ1) is 12.4. The Morgan fingerprint density at radius 3 is 2.94 bits per heavy atom. The fourth-order valence-electron chi connectivity index (χ4n) is 2.61. The van der Waals surface area contributed by atoms with E-state index in [1.807, 2.05) is 6.92 Å². The Morgan fingerprint density at radius 1 is 1.41 bits per heavy atom. The second kappa shape index (κ2) is 5.54. The molecule has 0 spiro atoms. The maximum atomic E-state index is 5.73. The molecule has 1 aliphatic heterocycles. The van der Waals surface area contributed by atoms with Crippen LogP contribution in [0.15, 0.2) is 18.2 Å². The Labute approximate surface area is 104 Å². The molecule has 0 radical (unpaired) electrons. The Bertz CT molecular complexity index is 373. The molecule has 0 fully saturated rings. The first-order valence-corrected chi connectivity index (χ1v) is 6.67. The van der Waals surface area contributed by atoms with Crippen LogP contribution in [0.3, 0.4) is 0 Å². The fourth-order valence-corrected chi connectivity index (χ4v) is 2.61. The lowest BCUT2D eigenvalue weighted by Gasteiger charge is -2.28. The highest BCUT2D eigenvalue weighted by molar-refractivity contribution is 5.42. The van der Waals surface area contributed by atoms with E-state index in [2.05, 4.69) is 37.4 Å². The molecular weight excluding hydrogens is 210 g/mol. The summed E-state index contributed by atoms with van der Waals surface area (Å²) in [6.45, 7) is 8.34.